The standard InChI is InChI=1S/C17H21N5O6S/c1-5-22(2)16(23)12-7-6-8-18-15(12)29(25,26)21-17(24)20-13-9-11(27-3)10-14(19-13)28-4/h6-10H,5H2,1-4H3,(H2,19,20,21,24). The van der Waals surface area contributed by atoms with Crippen LogP contribution in [0.5, 0.6) is 11.6 Å². The molecule has 0 aliphatic carbocycles. The number of carbonyl (C=O) groups excluding carboxylic acids is 2. The predicted molar refractivity (Wildman–Crippen MR) is 104 cm³/mol. The number of pyridine rings is 2. The Morgan fingerprint density at radius 3 is 2.55 bits per heavy atom. The molecule has 2 aromatic heterocycles. The van der Waals surface area contributed by atoms with Crippen LogP contribution in [0.3, 0.4) is 0 Å². The number of hydrogen-bond donors (Lipinski definition) is 2. The van der Waals surface area contributed by atoms with Crippen molar-refractivity contribution < 1.29 is 27.5 Å². The summed E-state index contributed by atoms with van der Waals surface area (Å²) in [5, 5.41) is 1.72. The van der Waals surface area contributed by atoms with Crippen LogP contribution < -0.4 is 19.5 Å². The first-order chi connectivity index (χ1) is 13.7. The maximum Gasteiger partial charge on any atom is 0.334 e. The third-order valence-corrected chi connectivity index (χ3v) is 5.05. The largest absolute Gasteiger partial charge is 0.496 e. The van der Waals surface area contributed by atoms with Gasteiger partial charge in [-0.1, -0.05) is 0 Å². The van der Waals surface area contributed by atoms with Crippen molar-refractivity contribution in [3.63, 3.8) is 0 Å². The molecule has 0 bridgehead atoms. The molecule has 12 heteroatoms. The number of sulfonamides is 1. The maximum atomic E-state index is 12.6. The Balaban J connectivity index is 2.26. The summed E-state index contributed by atoms with van der Waals surface area (Å²) in [5.74, 6) is -0.0459. The second-order valence-corrected chi connectivity index (χ2v) is 7.27. The Morgan fingerprint density at radius 2 is 1.93 bits per heavy atom. The number of amides is 3. The molecule has 0 aromatic carbocycles. The number of nitrogens with one attached hydrogen (secondary N) is 2. The van der Waals surface area contributed by atoms with E-state index in [9.17, 15) is 18.0 Å². The quantitative estimate of drug-likeness (QED) is 0.675. The van der Waals surface area contributed by atoms with E-state index in [4.69, 9.17) is 9.47 Å². The summed E-state index contributed by atoms with van der Waals surface area (Å²) in [6.07, 6.45) is 1.21. The normalized spacial score (nSPS) is 10.8. The number of anilines is 1. The van der Waals surface area contributed by atoms with E-state index in [0.717, 1.165) is 0 Å². The van der Waals surface area contributed by atoms with E-state index >= 15 is 0 Å². The van der Waals surface area contributed by atoms with Gasteiger partial charge in [0.2, 0.25) is 5.88 Å². The molecule has 0 aliphatic rings. The molecule has 0 saturated heterocycles. The molecule has 2 rings (SSSR count). The molecule has 0 fully saturated rings. The number of ether oxygens (including phenoxy) is 2. The molecule has 2 N–H and O–H groups in total. The summed E-state index contributed by atoms with van der Waals surface area (Å²) in [7, 11) is -0.127. The molecule has 0 spiro atoms. The first kappa shape index (κ1) is 21.9. The highest BCUT2D eigenvalue weighted by Gasteiger charge is 2.27. The van der Waals surface area contributed by atoms with Gasteiger partial charge >= 0.3 is 6.03 Å². The number of aromatic nitrogens is 2. The van der Waals surface area contributed by atoms with Gasteiger partial charge in [-0.3, -0.25) is 10.1 Å². The smallest absolute Gasteiger partial charge is 0.334 e. The van der Waals surface area contributed by atoms with Crippen LogP contribution in [0.2, 0.25) is 0 Å². The molecule has 0 aliphatic heterocycles. The molecule has 2 heterocycles. The van der Waals surface area contributed by atoms with Gasteiger partial charge in [0.1, 0.15) is 11.6 Å². The molecule has 0 atom stereocenters. The number of hydrogen-bond acceptors (Lipinski definition) is 8. The summed E-state index contributed by atoms with van der Waals surface area (Å²) in [6.45, 7) is 2.11. The molecule has 0 radical (unpaired) electrons. The average Bonchev–Trinajstić information content (AvgIpc) is 2.71. The maximum absolute atomic E-state index is 12.6. The van der Waals surface area contributed by atoms with E-state index in [2.05, 4.69) is 15.3 Å². The van der Waals surface area contributed by atoms with Gasteiger partial charge in [0.25, 0.3) is 15.9 Å². The Morgan fingerprint density at radius 1 is 1.21 bits per heavy atom. The Kier molecular flexibility index (Phi) is 6.93. The Labute approximate surface area is 168 Å². The lowest BCUT2D eigenvalue weighted by atomic mass is 10.2. The number of carbonyl (C=O) groups is 2. The minimum Gasteiger partial charge on any atom is -0.496 e. The SMILES string of the molecule is CCN(C)C(=O)c1cccnc1S(=O)(=O)NC(=O)Nc1cc(OC)cc(OC)n1. The second-order valence-electron chi connectivity index (χ2n) is 5.67. The van der Waals surface area contributed by atoms with E-state index in [1.54, 1.807) is 6.92 Å². The molecular formula is C17H21N5O6S. The van der Waals surface area contributed by atoms with Crippen molar-refractivity contribution in [1.29, 1.82) is 0 Å². The fraction of sp³-hybridized carbons (Fsp3) is 0.294. The van der Waals surface area contributed by atoms with E-state index in [0.29, 0.717) is 12.3 Å². The lowest BCUT2D eigenvalue weighted by Gasteiger charge is -2.16. The van der Waals surface area contributed by atoms with Crippen molar-refractivity contribution in [2.75, 3.05) is 33.1 Å². The minimum atomic E-state index is -4.44. The lowest BCUT2D eigenvalue weighted by Crippen LogP contribution is -2.37. The molecule has 0 unspecified atom stereocenters. The molecule has 11 nitrogen and oxygen atoms in total. The third kappa shape index (κ3) is 5.31. The highest BCUT2D eigenvalue weighted by atomic mass is 32.2. The summed E-state index contributed by atoms with van der Waals surface area (Å²) < 4.78 is 37.1. The van der Waals surface area contributed by atoms with E-state index in [-0.39, 0.29) is 17.3 Å². The van der Waals surface area contributed by atoms with Crippen molar-refractivity contribution >= 4 is 27.8 Å². The van der Waals surface area contributed by atoms with E-state index < -0.39 is 27.0 Å². The first-order valence-corrected chi connectivity index (χ1v) is 9.84. The van der Waals surface area contributed by atoms with Gasteiger partial charge in [-0.05, 0) is 19.1 Å². The van der Waals surface area contributed by atoms with Crippen LogP contribution in [-0.2, 0) is 10.0 Å². The second kappa shape index (κ2) is 9.19. The van der Waals surface area contributed by atoms with Crippen LogP contribution >= 0.6 is 0 Å². The van der Waals surface area contributed by atoms with Gasteiger partial charge in [-0.2, -0.15) is 13.4 Å². The van der Waals surface area contributed by atoms with Crippen molar-refractivity contribution in [3.05, 3.63) is 36.0 Å². The van der Waals surface area contributed by atoms with Crippen LogP contribution in [0.15, 0.2) is 35.5 Å². The summed E-state index contributed by atoms with van der Waals surface area (Å²) in [6, 6.07) is 4.52. The number of rotatable bonds is 7. The van der Waals surface area contributed by atoms with Crippen LogP contribution in [-0.4, -0.2) is 63.0 Å². The highest BCUT2D eigenvalue weighted by Crippen LogP contribution is 2.22. The van der Waals surface area contributed by atoms with Crippen LogP contribution in [0.25, 0.3) is 0 Å². The fourth-order valence-corrected chi connectivity index (χ4v) is 3.23. The van der Waals surface area contributed by atoms with E-state index in [1.807, 2.05) is 4.72 Å². The third-order valence-electron chi connectivity index (χ3n) is 3.77. The predicted octanol–water partition coefficient (Wildman–Crippen LogP) is 1.10. The van der Waals surface area contributed by atoms with Crippen molar-refractivity contribution in [2.45, 2.75) is 11.9 Å². The van der Waals surface area contributed by atoms with Gasteiger partial charge in [0.15, 0.2) is 5.03 Å². The van der Waals surface area contributed by atoms with Gasteiger partial charge in [0, 0.05) is 31.9 Å². The summed E-state index contributed by atoms with van der Waals surface area (Å²) in [4.78, 5) is 33.7. The van der Waals surface area contributed by atoms with E-state index in [1.165, 1.54) is 56.6 Å². The average molecular weight is 423 g/mol. The highest BCUT2D eigenvalue weighted by molar-refractivity contribution is 7.90. The molecule has 0 saturated carbocycles. The lowest BCUT2D eigenvalue weighted by molar-refractivity contribution is 0.0797. The Bertz CT molecular complexity index is 989. The molecule has 156 valence electrons. The van der Waals surface area contributed by atoms with Crippen LogP contribution in [0.1, 0.15) is 17.3 Å². The molecular weight excluding hydrogens is 402 g/mol. The monoisotopic (exact) mass is 423 g/mol. The van der Waals surface area contributed by atoms with Crippen molar-refractivity contribution in [1.82, 2.24) is 19.6 Å². The first-order valence-electron chi connectivity index (χ1n) is 8.36. The minimum absolute atomic E-state index is 0.00284. The topological polar surface area (TPSA) is 140 Å². The summed E-state index contributed by atoms with van der Waals surface area (Å²) in [5.41, 5.74) is -0.154. The van der Waals surface area contributed by atoms with Gasteiger partial charge in [0.05, 0.1) is 19.8 Å². The zero-order valence-electron chi connectivity index (χ0n) is 16.3. The van der Waals surface area contributed by atoms with Crippen molar-refractivity contribution in [2.24, 2.45) is 0 Å². The van der Waals surface area contributed by atoms with Crippen molar-refractivity contribution in [3.8, 4) is 11.6 Å². The number of methoxy groups -OCH3 is 2. The zero-order valence-corrected chi connectivity index (χ0v) is 17.1. The fourth-order valence-electron chi connectivity index (χ4n) is 2.20. The van der Waals surface area contributed by atoms with Gasteiger partial charge in [-0.25, -0.2) is 14.5 Å². The van der Waals surface area contributed by atoms with Crippen LogP contribution in [0, 0.1) is 0 Å². The number of nitrogens with zero attached hydrogens (tertiary/aromatic N) is 3. The molecule has 2 aromatic rings. The number of urea groups is 1. The molecule has 3 amide bonds. The van der Waals surface area contributed by atoms with Gasteiger partial charge in [-0.15, -0.1) is 0 Å². The molecule has 29 heavy (non-hydrogen) atoms. The summed E-state index contributed by atoms with van der Waals surface area (Å²) >= 11 is 0. The Hall–Kier alpha value is -3.41. The zero-order chi connectivity index (χ0) is 21.6. The van der Waals surface area contributed by atoms with Gasteiger partial charge < -0.3 is 14.4 Å². The van der Waals surface area contributed by atoms with Crippen LogP contribution in [0.4, 0.5) is 10.6 Å².